The van der Waals surface area contributed by atoms with Gasteiger partial charge in [-0.25, -0.2) is 0 Å². The predicted molar refractivity (Wildman–Crippen MR) is 64.0 cm³/mol. The molecule has 2 heteroatoms. The first kappa shape index (κ1) is 9.79. The molecule has 1 aliphatic rings. The summed E-state index contributed by atoms with van der Waals surface area (Å²) < 4.78 is 0. The van der Waals surface area contributed by atoms with Crippen molar-refractivity contribution < 1.29 is 5.11 Å². The van der Waals surface area contributed by atoms with Gasteiger partial charge in [-0.05, 0) is 36.1 Å². The molecule has 16 heavy (non-hydrogen) atoms. The van der Waals surface area contributed by atoms with E-state index >= 15 is 0 Å². The van der Waals surface area contributed by atoms with E-state index in [4.69, 9.17) is 0 Å². The van der Waals surface area contributed by atoms with Gasteiger partial charge >= 0.3 is 0 Å². The number of aliphatic hydroxyl groups is 1. The van der Waals surface area contributed by atoms with E-state index in [1.165, 1.54) is 12.8 Å². The monoisotopic (exact) mass is 213 g/mol. The van der Waals surface area contributed by atoms with Gasteiger partial charge in [0.05, 0.1) is 11.6 Å². The van der Waals surface area contributed by atoms with Crippen LogP contribution in [0.5, 0.6) is 0 Å². The summed E-state index contributed by atoms with van der Waals surface area (Å²) in [5, 5.41) is 11.2. The zero-order chi connectivity index (χ0) is 11.0. The molecule has 2 nitrogen and oxygen atoms in total. The third-order valence-electron chi connectivity index (χ3n) is 3.27. The molecular formula is C14H15NO. The van der Waals surface area contributed by atoms with Crippen LogP contribution < -0.4 is 0 Å². The van der Waals surface area contributed by atoms with E-state index < -0.39 is 0 Å². The number of nitrogens with zero attached hydrogens (tertiary/aromatic N) is 1. The van der Waals surface area contributed by atoms with Crippen molar-refractivity contribution in [1.29, 1.82) is 0 Å². The zero-order valence-corrected chi connectivity index (χ0v) is 9.13. The molecule has 2 aromatic rings. The number of aliphatic hydroxyl groups excluding tert-OH is 1. The topological polar surface area (TPSA) is 33.1 Å². The van der Waals surface area contributed by atoms with E-state index in [0.717, 1.165) is 28.8 Å². The van der Waals surface area contributed by atoms with Gasteiger partial charge in [0.2, 0.25) is 0 Å². The molecule has 1 aliphatic carbocycles. The lowest BCUT2D eigenvalue weighted by Crippen LogP contribution is -1.98. The molecule has 82 valence electrons. The summed E-state index contributed by atoms with van der Waals surface area (Å²) in [7, 11) is 0. The normalized spacial score (nSPS) is 17.6. The fourth-order valence-electron chi connectivity index (χ4n) is 2.11. The van der Waals surface area contributed by atoms with Crippen molar-refractivity contribution in [3.05, 3.63) is 42.1 Å². The van der Waals surface area contributed by atoms with E-state index in [9.17, 15) is 5.11 Å². The lowest BCUT2D eigenvalue weighted by Gasteiger charge is -2.10. The molecule has 1 N–H and O–H groups in total. The van der Waals surface area contributed by atoms with Crippen LogP contribution in [0.2, 0.25) is 0 Å². The van der Waals surface area contributed by atoms with Crippen molar-refractivity contribution in [3.8, 4) is 0 Å². The highest BCUT2D eigenvalue weighted by atomic mass is 16.3. The first-order valence-corrected chi connectivity index (χ1v) is 5.86. The number of rotatable bonds is 3. The second kappa shape index (κ2) is 3.87. The molecule has 0 spiro atoms. The maximum Gasteiger partial charge on any atom is 0.0792 e. The Balaban J connectivity index is 1.91. The van der Waals surface area contributed by atoms with Crippen LogP contribution in [0.4, 0.5) is 0 Å². The molecule has 1 saturated carbocycles. The smallest absolute Gasteiger partial charge is 0.0792 e. The van der Waals surface area contributed by atoms with Gasteiger partial charge in [-0.15, -0.1) is 0 Å². The van der Waals surface area contributed by atoms with Crippen LogP contribution >= 0.6 is 0 Å². The second-order valence-electron chi connectivity index (χ2n) is 4.65. The molecular weight excluding hydrogens is 198 g/mol. The van der Waals surface area contributed by atoms with Crippen LogP contribution in [0.15, 0.2) is 36.5 Å². The largest absolute Gasteiger partial charge is 0.388 e. The van der Waals surface area contributed by atoms with Crippen molar-refractivity contribution in [3.63, 3.8) is 0 Å². The molecule has 0 aliphatic heterocycles. The summed E-state index contributed by atoms with van der Waals surface area (Å²) in [6.45, 7) is 0. The fraction of sp³-hybridized carbons (Fsp3) is 0.357. The predicted octanol–water partition coefficient (Wildman–Crippen LogP) is 3.07. The summed E-state index contributed by atoms with van der Waals surface area (Å²) in [6.07, 6.45) is 4.96. The zero-order valence-electron chi connectivity index (χ0n) is 9.13. The Labute approximate surface area is 94.9 Å². The maximum absolute atomic E-state index is 10.1. The minimum Gasteiger partial charge on any atom is -0.388 e. The van der Waals surface area contributed by atoms with Crippen LogP contribution in [-0.4, -0.2) is 10.1 Å². The van der Waals surface area contributed by atoms with Gasteiger partial charge in [0.25, 0.3) is 0 Å². The Morgan fingerprint density at radius 3 is 3.00 bits per heavy atom. The number of hydrogen-bond donors (Lipinski definition) is 1. The minimum absolute atomic E-state index is 0.308. The number of pyridine rings is 1. The van der Waals surface area contributed by atoms with Gasteiger partial charge in [-0.3, -0.25) is 4.98 Å². The molecule has 3 rings (SSSR count). The van der Waals surface area contributed by atoms with Gasteiger partial charge in [0.15, 0.2) is 0 Å². The molecule has 0 saturated heterocycles. The molecule has 1 aromatic heterocycles. The minimum atomic E-state index is -0.308. The maximum atomic E-state index is 10.1. The molecule has 0 amide bonds. The van der Waals surface area contributed by atoms with E-state index in [1.54, 1.807) is 6.20 Å². The van der Waals surface area contributed by atoms with E-state index in [2.05, 4.69) is 11.1 Å². The van der Waals surface area contributed by atoms with Crippen molar-refractivity contribution in [2.45, 2.75) is 25.4 Å². The van der Waals surface area contributed by atoms with Crippen LogP contribution in [0, 0.1) is 5.92 Å². The number of aromatic nitrogens is 1. The fourth-order valence-corrected chi connectivity index (χ4v) is 2.11. The van der Waals surface area contributed by atoms with E-state index in [0.29, 0.717) is 0 Å². The number of fused-ring (bicyclic) bond motifs is 1. The number of hydrogen-bond acceptors (Lipinski definition) is 2. The van der Waals surface area contributed by atoms with Crippen LogP contribution in [0.1, 0.15) is 30.9 Å². The number of benzene rings is 1. The Morgan fingerprint density at radius 2 is 2.19 bits per heavy atom. The highest BCUT2D eigenvalue weighted by Crippen LogP contribution is 2.37. The average molecular weight is 213 g/mol. The standard InChI is InChI=1S/C14H15NO/c16-14(8-10-3-4-10)12-5-6-13-11(9-12)2-1-7-15-13/h1-2,5-7,9-10,14,16H,3-4,8H2. The first-order valence-electron chi connectivity index (χ1n) is 5.86. The highest BCUT2D eigenvalue weighted by molar-refractivity contribution is 5.78. The third kappa shape index (κ3) is 1.93. The van der Waals surface area contributed by atoms with E-state index in [-0.39, 0.29) is 6.10 Å². The summed E-state index contributed by atoms with van der Waals surface area (Å²) in [4.78, 5) is 4.27. The quantitative estimate of drug-likeness (QED) is 0.850. The average Bonchev–Trinajstić information content (AvgIpc) is 3.12. The summed E-state index contributed by atoms with van der Waals surface area (Å²) >= 11 is 0. The molecule has 1 aromatic carbocycles. The van der Waals surface area contributed by atoms with Gasteiger partial charge < -0.3 is 5.11 Å². The van der Waals surface area contributed by atoms with Gasteiger partial charge in [-0.2, -0.15) is 0 Å². The lowest BCUT2D eigenvalue weighted by molar-refractivity contribution is 0.160. The molecule has 1 heterocycles. The molecule has 1 fully saturated rings. The van der Waals surface area contributed by atoms with Crippen molar-refractivity contribution in [2.24, 2.45) is 5.92 Å². The Kier molecular flexibility index (Phi) is 2.37. The second-order valence-corrected chi connectivity index (χ2v) is 4.65. The molecule has 0 bridgehead atoms. The van der Waals surface area contributed by atoms with Crippen LogP contribution in [-0.2, 0) is 0 Å². The van der Waals surface area contributed by atoms with Gasteiger partial charge in [0.1, 0.15) is 0 Å². The highest BCUT2D eigenvalue weighted by Gasteiger charge is 2.25. The Bertz CT molecular complexity index is 505. The van der Waals surface area contributed by atoms with Crippen molar-refractivity contribution in [1.82, 2.24) is 4.98 Å². The molecule has 1 unspecified atom stereocenters. The Hall–Kier alpha value is -1.41. The van der Waals surface area contributed by atoms with Crippen LogP contribution in [0.3, 0.4) is 0 Å². The van der Waals surface area contributed by atoms with Gasteiger partial charge in [0, 0.05) is 11.6 Å². The van der Waals surface area contributed by atoms with Crippen LogP contribution in [0.25, 0.3) is 10.9 Å². The Morgan fingerprint density at radius 1 is 1.31 bits per heavy atom. The van der Waals surface area contributed by atoms with Gasteiger partial charge in [-0.1, -0.05) is 25.0 Å². The third-order valence-corrected chi connectivity index (χ3v) is 3.27. The summed E-state index contributed by atoms with van der Waals surface area (Å²) in [6, 6.07) is 9.99. The summed E-state index contributed by atoms with van der Waals surface area (Å²) in [5.74, 6) is 0.750. The molecule has 0 radical (unpaired) electrons. The van der Waals surface area contributed by atoms with Crippen molar-refractivity contribution >= 4 is 10.9 Å². The van der Waals surface area contributed by atoms with E-state index in [1.807, 2.05) is 24.3 Å². The molecule has 1 atom stereocenters. The van der Waals surface area contributed by atoms with Crippen molar-refractivity contribution in [2.75, 3.05) is 0 Å². The summed E-state index contributed by atoms with van der Waals surface area (Å²) in [5.41, 5.74) is 2.01. The lowest BCUT2D eigenvalue weighted by atomic mass is 10.0. The SMILES string of the molecule is OC(CC1CC1)c1ccc2ncccc2c1. The first-order chi connectivity index (χ1) is 7.83.